The molecule has 1 N–H and O–H groups in total. The van der Waals surface area contributed by atoms with Crippen molar-refractivity contribution >= 4 is 0 Å². The minimum Gasteiger partial charge on any atom is -0.316 e. The first-order valence-corrected chi connectivity index (χ1v) is 6.02. The van der Waals surface area contributed by atoms with Crippen LogP contribution < -0.4 is 5.32 Å². The van der Waals surface area contributed by atoms with Crippen LogP contribution >= 0.6 is 0 Å². The fourth-order valence-electron chi connectivity index (χ4n) is 2.43. The zero-order valence-corrected chi connectivity index (χ0v) is 9.02. The van der Waals surface area contributed by atoms with E-state index in [0.29, 0.717) is 5.92 Å². The fraction of sp³-hybridized carbons (Fsp3) is 0.818. The highest BCUT2D eigenvalue weighted by Gasteiger charge is 2.23. The lowest BCUT2D eigenvalue weighted by molar-refractivity contribution is 0.410. The lowest BCUT2D eigenvalue weighted by atomic mass is 9.83. The van der Waals surface area contributed by atoms with Gasteiger partial charge in [-0.05, 0) is 38.3 Å². The van der Waals surface area contributed by atoms with Gasteiger partial charge in [-0.2, -0.15) is 0 Å². The Morgan fingerprint density at radius 3 is 3.00 bits per heavy atom. The normalized spacial score (nSPS) is 26.8. The van der Waals surface area contributed by atoms with Crippen molar-refractivity contribution < 1.29 is 0 Å². The van der Waals surface area contributed by atoms with Gasteiger partial charge in [-0.15, -0.1) is 5.10 Å². The Hall–Kier alpha value is -0.900. The van der Waals surface area contributed by atoms with E-state index in [9.17, 15) is 0 Å². The standard InChI is InChI=1S/C11H18N4/c1-2-10(3-1)11-8-15(14-13-11)7-9-4-5-12-6-9/h8-10,12H,1-7H2. The number of nitrogens with zero attached hydrogens (tertiary/aromatic N) is 3. The van der Waals surface area contributed by atoms with E-state index in [2.05, 4.69) is 21.8 Å². The molecule has 1 unspecified atom stereocenters. The first-order valence-electron chi connectivity index (χ1n) is 6.02. The van der Waals surface area contributed by atoms with Crippen LogP contribution in [0.1, 0.15) is 37.3 Å². The molecule has 4 nitrogen and oxygen atoms in total. The highest BCUT2D eigenvalue weighted by atomic mass is 15.4. The smallest absolute Gasteiger partial charge is 0.0857 e. The van der Waals surface area contributed by atoms with Gasteiger partial charge in [-0.25, -0.2) is 0 Å². The molecule has 2 aliphatic rings. The molecule has 4 heteroatoms. The SMILES string of the molecule is c1c(C2CCC2)nnn1CC1CCNC1. The first kappa shape index (κ1) is 9.33. The Bertz CT molecular complexity index is 323. The zero-order chi connectivity index (χ0) is 10.1. The Morgan fingerprint density at radius 1 is 1.40 bits per heavy atom. The monoisotopic (exact) mass is 206 g/mol. The molecule has 1 saturated heterocycles. The topological polar surface area (TPSA) is 42.7 Å². The maximum Gasteiger partial charge on any atom is 0.0857 e. The Morgan fingerprint density at radius 2 is 2.33 bits per heavy atom. The maximum atomic E-state index is 4.27. The summed E-state index contributed by atoms with van der Waals surface area (Å²) in [6.45, 7) is 3.33. The van der Waals surface area contributed by atoms with Crippen molar-refractivity contribution in [2.24, 2.45) is 5.92 Å². The summed E-state index contributed by atoms with van der Waals surface area (Å²) in [5, 5.41) is 11.9. The first-order chi connectivity index (χ1) is 7.42. The van der Waals surface area contributed by atoms with Crippen molar-refractivity contribution in [3.63, 3.8) is 0 Å². The van der Waals surface area contributed by atoms with Crippen molar-refractivity contribution in [3.8, 4) is 0 Å². The third-order valence-electron chi connectivity index (χ3n) is 3.69. The van der Waals surface area contributed by atoms with Crippen LogP contribution in [0.15, 0.2) is 6.20 Å². The van der Waals surface area contributed by atoms with Crippen molar-refractivity contribution in [1.29, 1.82) is 0 Å². The van der Waals surface area contributed by atoms with E-state index >= 15 is 0 Å². The summed E-state index contributed by atoms with van der Waals surface area (Å²) in [5.41, 5.74) is 1.22. The summed E-state index contributed by atoms with van der Waals surface area (Å²) < 4.78 is 2.03. The van der Waals surface area contributed by atoms with E-state index in [1.165, 1.54) is 31.4 Å². The molecule has 2 heterocycles. The van der Waals surface area contributed by atoms with Gasteiger partial charge in [0.05, 0.1) is 5.69 Å². The molecule has 1 aromatic heterocycles. The second kappa shape index (κ2) is 3.93. The second-order valence-corrected chi connectivity index (χ2v) is 4.85. The molecule has 82 valence electrons. The summed E-state index contributed by atoms with van der Waals surface area (Å²) >= 11 is 0. The lowest BCUT2D eigenvalue weighted by Gasteiger charge is -2.22. The minimum atomic E-state index is 0.709. The molecule has 1 aliphatic heterocycles. The van der Waals surface area contributed by atoms with Crippen molar-refractivity contribution in [2.75, 3.05) is 13.1 Å². The maximum absolute atomic E-state index is 4.27. The van der Waals surface area contributed by atoms with Crippen LogP contribution in [0.5, 0.6) is 0 Å². The largest absolute Gasteiger partial charge is 0.316 e. The molecule has 1 atom stereocenters. The van der Waals surface area contributed by atoms with E-state index in [0.717, 1.165) is 25.6 Å². The van der Waals surface area contributed by atoms with Gasteiger partial charge in [0.15, 0.2) is 0 Å². The number of nitrogens with one attached hydrogen (secondary N) is 1. The summed E-state index contributed by atoms with van der Waals surface area (Å²) in [6, 6.07) is 0. The van der Waals surface area contributed by atoms with Gasteiger partial charge in [0.25, 0.3) is 0 Å². The summed E-state index contributed by atoms with van der Waals surface area (Å²) in [5.74, 6) is 1.46. The van der Waals surface area contributed by atoms with E-state index in [-0.39, 0.29) is 0 Å². The zero-order valence-electron chi connectivity index (χ0n) is 9.02. The van der Waals surface area contributed by atoms with E-state index in [4.69, 9.17) is 0 Å². The Labute approximate surface area is 90.0 Å². The molecule has 0 bridgehead atoms. The third kappa shape index (κ3) is 1.91. The van der Waals surface area contributed by atoms with Gasteiger partial charge >= 0.3 is 0 Å². The van der Waals surface area contributed by atoms with Crippen LogP contribution in [0.3, 0.4) is 0 Å². The predicted molar refractivity (Wildman–Crippen MR) is 57.6 cm³/mol. The Kier molecular flexibility index (Phi) is 2.44. The molecule has 0 spiro atoms. The third-order valence-corrected chi connectivity index (χ3v) is 3.69. The van der Waals surface area contributed by atoms with Crippen LogP contribution in [-0.4, -0.2) is 28.1 Å². The van der Waals surface area contributed by atoms with Crippen LogP contribution in [0.4, 0.5) is 0 Å². The van der Waals surface area contributed by atoms with E-state index in [1.54, 1.807) is 0 Å². The van der Waals surface area contributed by atoms with Gasteiger partial charge in [0, 0.05) is 18.7 Å². The molecule has 0 amide bonds. The molecular formula is C11H18N4. The summed E-state index contributed by atoms with van der Waals surface area (Å²) in [7, 11) is 0. The number of aromatic nitrogens is 3. The number of hydrogen-bond acceptors (Lipinski definition) is 3. The molecular weight excluding hydrogens is 188 g/mol. The van der Waals surface area contributed by atoms with Crippen molar-refractivity contribution in [2.45, 2.75) is 38.1 Å². The van der Waals surface area contributed by atoms with Crippen molar-refractivity contribution in [3.05, 3.63) is 11.9 Å². The molecule has 2 fully saturated rings. The second-order valence-electron chi connectivity index (χ2n) is 4.85. The number of rotatable bonds is 3. The van der Waals surface area contributed by atoms with Crippen LogP contribution in [0, 0.1) is 5.92 Å². The fourth-order valence-corrected chi connectivity index (χ4v) is 2.43. The Balaban J connectivity index is 1.62. The van der Waals surface area contributed by atoms with Gasteiger partial charge in [0.2, 0.25) is 0 Å². The summed E-state index contributed by atoms with van der Waals surface area (Å²) in [6.07, 6.45) is 7.41. The predicted octanol–water partition coefficient (Wildman–Crippen LogP) is 1.16. The van der Waals surface area contributed by atoms with Gasteiger partial charge in [-0.3, -0.25) is 4.68 Å². The van der Waals surface area contributed by atoms with E-state index < -0.39 is 0 Å². The van der Waals surface area contributed by atoms with Gasteiger partial charge in [0.1, 0.15) is 0 Å². The molecule has 0 radical (unpaired) electrons. The minimum absolute atomic E-state index is 0.709. The lowest BCUT2D eigenvalue weighted by Crippen LogP contribution is -2.15. The van der Waals surface area contributed by atoms with Crippen LogP contribution in [-0.2, 0) is 6.54 Å². The average molecular weight is 206 g/mol. The quantitative estimate of drug-likeness (QED) is 0.807. The molecule has 0 aromatic carbocycles. The summed E-state index contributed by atoms with van der Waals surface area (Å²) in [4.78, 5) is 0. The van der Waals surface area contributed by atoms with Gasteiger partial charge in [-0.1, -0.05) is 11.6 Å². The number of hydrogen-bond donors (Lipinski definition) is 1. The molecule has 1 aliphatic carbocycles. The molecule has 15 heavy (non-hydrogen) atoms. The van der Waals surface area contributed by atoms with Crippen LogP contribution in [0.2, 0.25) is 0 Å². The van der Waals surface area contributed by atoms with Gasteiger partial charge < -0.3 is 5.32 Å². The van der Waals surface area contributed by atoms with Crippen molar-refractivity contribution in [1.82, 2.24) is 20.3 Å². The highest BCUT2D eigenvalue weighted by Crippen LogP contribution is 2.34. The molecule has 3 rings (SSSR count). The highest BCUT2D eigenvalue weighted by molar-refractivity contribution is 5.05. The van der Waals surface area contributed by atoms with Crippen LogP contribution in [0.25, 0.3) is 0 Å². The molecule has 1 aromatic rings. The average Bonchev–Trinajstić information content (AvgIpc) is 2.75. The molecule has 1 saturated carbocycles. The van der Waals surface area contributed by atoms with E-state index in [1.807, 2.05) is 4.68 Å².